The maximum absolute atomic E-state index is 15.5. The van der Waals surface area contributed by atoms with Gasteiger partial charge in [-0.25, -0.2) is 9.59 Å². The largest absolute Gasteiger partial charge is 0.518 e. The summed E-state index contributed by atoms with van der Waals surface area (Å²) in [7, 11) is 3.43. The number of ether oxygens (including phenoxy) is 8. The Balaban J connectivity index is 1.28. The van der Waals surface area contributed by atoms with Crippen LogP contribution in [0.3, 0.4) is 0 Å². The fourth-order valence-electron chi connectivity index (χ4n) is 11.5. The number of benzene rings is 3. The molecule has 342 valence electrons. The zero-order valence-electron chi connectivity index (χ0n) is 37.0. The summed E-state index contributed by atoms with van der Waals surface area (Å²) in [4.78, 5) is 65.6. The normalized spacial score (nSPS) is 26.2. The average molecular weight is 918 g/mol. The number of rotatable bonds is 5. The number of H-pyrrole nitrogens is 1. The number of carbonyl (C=O) groups is 4. The van der Waals surface area contributed by atoms with Crippen LogP contribution in [-0.4, -0.2) is 108 Å². The number of nitriles is 1. The molecule has 2 fully saturated rings. The second kappa shape index (κ2) is 16.4. The fourth-order valence-corrected chi connectivity index (χ4v) is 13.3. The third-order valence-electron chi connectivity index (χ3n) is 14.0. The van der Waals surface area contributed by atoms with Crippen LogP contribution in [0, 0.1) is 25.2 Å². The van der Waals surface area contributed by atoms with Crippen LogP contribution in [0.1, 0.15) is 68.9 Å². The summed E-state index contributed by atoms with van der Waals surface area (Å²) < 4.78 is 47.9. The van der Waals surface area contributed by atoms with Gasteiger partial charge in [-0.15, -0.1) is 11.8 Å². The lowest BCUT2D eigenvalue weighted by atomic mass is 9.71. The van der Waals surface area contributed by atoms with Crippen molar-refractivity contribution < 1.29 is 57.1 Å². The van der Waals surface area contributed by atoms with E-state index in [1.165, 1.54) is 30.7 Å². The lowest BCUT2D eigenvalue weighted by molar-refractivity contribution is -0.137. The van der Waals surface area contributed by atoms with Crippen LogP contribution in [0.5, 0.6) is 28.7 Å². The number of para-hydroxylation sites is 1. The summed E-state index contributed by atoms with van der Waals surface area (Å²) >= 11 is 1.37. The van der Waals surface area contributed by atoms with Crippen LogP contribution in [-0.2, 0) is 42.2 Å². The van der Waals surface area contributed by atoms with Crippen LogP contribution < -0.4 is 23.7 Å². The van der Waals surface area contributed by atoms with E-state index in [-0.39, 0.29) is 37.2 Å². The third-order valence-corrected chi connectivity index (χ3v) is 15.5. The van der Waals surface area contributed by atoms with E-state index in [0.717, 1.165) is 34.6 Å². The van der Waals surface area contributed by atoms with Gasteiger partial charge in [-0.3, -0.25) is 24.3 Å². The number of amides is 1. The first-order chi connectivity index (χ1) is 31.9. The van der Waals surface area contributed by atoms with Crippen molar-refractivity contribution in [1.29, 1.82) is 5.26 Å². The predicted octanol–water partition coefficient (Wildman–Crippen LogP) is 6.74. The number of nitrogens with one attached hydrogen (secondary N) is 1. The Hall–Kier alpha value is -6.52. The minimum absolute atomic E-state index is 0.0659. The molecule has 0 saturated carbocycles. The molecule has 2 saturated heterocycles. The van der Waals surface area contributed by atoms with E-state index in [4.69, 9.17) is 37.9 Å². The number of nitrogens with zero attached hydrogens (tertiary/aromatic N) is 4. The summed E-state index contributed by atoms with van der Waals surface area (Å²) in [5.74, 6) is 0.435. The number of carbonyl (C=O) groups excluding carboxylic acids is 4. The molecule has 1 aromatic heterocycles. The maximum atomic E-state index is 15.5. The van der Waals surface area contributed by atoms with Gasteiger partial charge in [0.05, 0.1) is 55.3 Å². The molecule has 18 heteroatoms. The molecule has 7 aliphatic rings. The van der Waals surface area contributed by atoms with Crippen molar-refractivity contribution in [3.05, 3.63) is 101 Å². The van der Waals surface area contributed by atoms with Crippen LogP contribution in [0.25, 0.3) is 10.9 Å². The summed E-state index contributed by atoms with van der Waals surface area (Å²) in [6.07, 6.45) is 1.03. The van der Waals surface area contributed by atoms with Crippen LogP contribution in [0.2, 0.25) is 0 Å². The molecule has 1 amide bonds. The van der Waals surface area contributed by atoms with Gasteiger partial charge < -0.3 is 42.9 Å². The molecule has 1 N–H and O–H groups in total. The van der Waals surface area contributed by atoms with E-state index in [1.807, 2.05) is 44.3 Å². The number of aromatic amines is 1. The standard InChI is InChI=1S/C48H47N5O12S/c1-8-60-46(56)52-15-14-28-27-12-10-11-13-29(27)50-45(28)48(52)21-66-44-36-35(42-41(62-22-63-42)24(4)40(36)64-25(5)54)32(19-59-20-33(48)55)53-31(18-49)30-17-26-16-23(3)39(58-7)43(65-47(57)61-9-2)34(26)37(38(44)53)51(30)6/h8-13,16,30-32,37-38,44,50H,1-2,14-15,17,19-22H2,3-7H3/t30-,31+,32+,37+,38?,44-,48+/m1/s1. The van der Waals surface area contributed by atoms with Crippen LogP contribution >= 0.6 is 11.8 Å². The number of likely N-dealkylation sites (N-methyl/N-ethyl adjacent to an activating group) is 1. The van der Waals surface area contributed by atoms with E-state index in [0.29, 0.717) is 63.6 Å². The van der Waals surface area contributed by atoms with Crippen molar-refractivity contribution in [2.24, 2.45) is 0 Å². The number of thioether (sulfide) groups is 1. The molecule has 0 radical (unpaired) electrons. The molecule has 8 heterocycles. The van der Waals surface area contributed by atoms with Gasteiger partial charge in [0.2, 0.25) is 6.79 Å². The Morgan fingerprint density at radius 2 is 1.80 bits per heavy atom. The van der Waals surface area contributed by atoms with Gasteiger partial charge in [-0.2, -0.15) is 5.26 Å². The number of esters is 1. The average Bonchev–Trinajstić information content (AvgIpc) is 3.93. The number of aryl methyl sites for hydroxylation is 1. The van der Waals surface area contributed by atoms with Gasteiger partial charge >= 0.3 is 18.2 Å². The molecule has 66 heavy (non-hydrogen) atoms. The maximum Gasteiger partial charge on any atom is 0.518 e. The second-order valence-electron chi connectivity index (χ2n) is 17.1. The van der Waals surface area contributed by atoms with Gasteiger partial charge in [0.15, 0.2) is 34.3 Å². The number of hydrogen-bond donors (Lipinski definition) is 1. The van der Waals surface area contributed by atoms with Crippen molar-refractivity contribution in [1.82, 2.24) is 19.7 Å². The fraction of sp³-hybridized carbons (Fsp3) is 0.396. The number of ketones is 1. The summed E-state index contributed by atoms with van der Waals surface area (Å²) in [6.45, 7) is 11.6. The lowest BCUT2D eigenvalue weighted by Gasteiger charge is -2.61. The van der Waals surface area contributed by atoms with Crippen molar-refractivity contribution in [3.63, 3.8) is 0 Å². The predicted molar refractivity (Wildman–Crippen MR) is 238 cm³/mol. The molecule has 0 aliphatic carbocycles. The number of piperazine rings is 1. The van der Waals surface area contributed by atoms with E-state index >= 15 is 4.79 Å². The van der Waals surface area contributed by atoms with Crippen molar-refractivity contribution >= 4 is 46.7 Å². The van der Waals surface area contributed by atoms with Gasteiger partial charge in [0.25, 0.3) is 0 Å². The first kappa shape index (κ1) is 43.4. The molecule has 4 aromatic rings. The minimum Gasteiger partial charge on any atom is -0.493 e. The summed E-state index contributed by atoms with van der Waals surface area (Å²) in [5, 5.41) is 11.6. The Morgan fingerprint density at radius 3 is 2.55 bits per heavy atom. The van der Waals surface area contributed by atoms with E-state index < -0.39 is 71.6 Å². The quantitative estimate of drug-likeness (QED) is 0.0957. The molecule has 3 aromatic carbocycles. The number of hydrogen-bond acceptors (Lipinski definition) is 16. The van der Waals surface area contributed by atoms with Gasteiger partial charge in [-0.05, 0) is 56.5 Å². The molecular weight excluding hydrogens is 871 g/mol. The smallest absolute Gasteiger partial charge is 0.493 e. The number of aromatic nitrogens is 1. The van der Waals surface area contributed by atoms with Crippen molar-refractivity contribution in [2.45, 2.75) is 74.6 Å². The highest BCUT2D eigenvalue weighted by atomic mass is 32.2. The molecule has 7 aliphatic heterocycles. The SMILES string of the molecule is C=COC(=O)Oc1c(OC)c(C)cc2c1[C@H]1C3[C@@H]4SC[C@]5(C(=O)COC[C@@H](c6c7c(c(C)c(OC(C)=O)c64)OCO7)N3[C@@H](C#N)[C@@H](C2)N1C)c1[nH]c2ccccc2c1CCN5C(=O)OC=C. The number of methoxy groups -OCH3 is 1. The first-order valence-corrected chi connectivity index (χ1v) is 22.6. The summed E-state index contributed by atoms with van der Waals surface area (Å²) in [6, 6.07) is 9.01. The number of fused-ring (bicyclic) bond motifs is 12. The summed E-state index contributed by atoms with van der Waals surface area (Å²) in [5.41, 5.74) is 4.32. The Bertz CT molecular complexity index is 2820. The number of Topliss-reactive ketones (excluding diaryl/α,β-unsaturated/α-hetero) is 1. The zero-order chi connectivity index (χ0) is 46.3. The molecule has 11 rings (SSSR count). The van der Waals surface area contributed by atoms with Crippen LogP contribution in [0.4, 0.5) is 9.59 Å². The molecular formula is C48H47N5O12S. The molecule has 4 bridgehead atoms. The second-order valence-corrected chi connectivity index (χ2v) is 18.3. The molecule has 1 spiro atoms. The van der Waals surface area contributed by atoms with Crippen molar-refractivity contribution in [2.75, 3.05) is 46.5 Å². The topological polar surface area (TPSA) is 191 Å². The van der Waals surface area contributed by atoms with Crippen LogP contribution in [0.15, 0.2) is 56.0 Å². The first-order valence-electron chi connectivity index (χ1n) is 21.5. The van der Waals surface area contributed by atoms with Gasteiger partial charge in [0.1, 0.15) is 18.4 Å². The highest BCUT2D eigenvalue weighted by Crippen LogP contribution is 2.65. The monoisotopic (exact) mass is 917 g/mol. The third kappa shape index (κ3) is 6.24. The van der Waals surface area contributed by atoms with Gasteiger partial charge in [0, 0.05) is 64.5 Å². The Labute approximate surface area is 384 Å². The minimum atomic E-state index is -1.71. The molecule has 7 atom stereocenters. The Kier molecular flexibility index (Phi) is 10.8. The van der Waals surface area contributed by atoms with Crippen molar-refractivity contribution in [3.8, 4) is 34.8 Å². The van der Waals surface area contributed by atoms with E-state index in [2.05, 4.69) is 34.0 Å². The molecule has 17 nitrogen and oxygen atoms in total. The van der Waals surface area contributed by atoms with E-state index in [9.17, 15) is 19.6 Å². The highest BCUT2D eigenvalue weighted by molar-refractivity contribution is 7.99. The zero-order valence-corrected chi connectivity index (χ0v) is 37.8. The molecule has 1 unspecified atom stereocenters. The van der Waals surface area contributed by atoms with E-state index in [1.54, 1.807) is 6.92 Å². The Morgan fingerprint density at radius 1 is 1.03 bits per heavy atom. The lowest BCUT2D eigenvalue weighted by Crippen LogP contribution is -2.69. The highest BCUT2D eigenvalue weighted by Gasteiger charge is 2.62. The van der Waals surface area contributed by atoms with Gasteiger partial charge in [-0.1, -0.05) is 37.4 Å².